The molecule has 3 rings (SSSR count). The van der Waals surface area contributed by atoms with Crippen LogP contribution >= 0.6 is 0 Å². The fourth-order valence-corrected chi connectivity index (χ4v) is 2.76. The van der Waals surface area contributed by atoms with Crippen LogP contribution in [-0.2, 0) is 0 Å². The predicted octanol–water partition coefficient (Wildman–Crippen LogP) is 4.36. The molecular formula is C21H22O6. The lowest BCUT2D eigenvalue weighted by Gasteiger charge is -2.11. The molecule has 0 fully saturated rings. The number of aromatic hydroxyl groups is 1. The Balaban J connectivity index is 2.07. The summed E-state index contributed by atoms with van der Waals surface area (Å²) in [7, 11) is 3.05. The van der Waals surface area contributed by atoms with E-state index in [2.05, 4.69) is 6.92 Å². The van der Waals surface area contributed by atoms with Gasteiger partial charge >= 0.3 is 0 Å². The number of ether oxygens (including phenoxy) is 3. The van der Waals surface area contributed by atoms with Crippen LogP contribution in [0.25, 0.3) is 22.3 Å². The lowest BCUT2D eigenvalue weighted by atomic mass is 10.1. The van der Waals surface area contributed by atoms with Gasteiger partial charge in [0.2, 0.25) is 11.2 Å². The van der Waals surface area contributed by atoms with Crippen LogP contribution in [0.15, 0.2) is 45.6 Å². The van der Waals surface area contributed by atoms with Gasteiger partial charge in [0.15, 0.2) is 17.3 Å². The predicted molar refractivity (Wildman–Crippen MR) is 103 cm³/mol. The summed E-state index contributed by atoms with van der Waals surface area (Å²) in [6, 6.07) is 10.0. The second kappa shape index (κ2) is 8.03. The molecule has 0 spiro atoms. The Morgan fingerprint density at radius 3 is 2.52 bits per heavy atom. The van der Waals surface area contributed by atoms with Crippen molar-refractivity contribution in [1.29, 1.82) is 0 Å². The van der Waals surface area contributed by atoms with Crippen molar-refractivity contribution in [2.45, 2.75) is 19.8 Å². The third kappa shape index (κ3) is 3.69. The zero-order chi connectivity index (χ0) is 19.4. The van der Waals surface area contributed by atoms with E-state index < -0.39 is 11.2 Å². The van der Waals surface area contributed by atoms with Crippen molar-refractivity contribution < 1.29 is 23.7 Å². The molecule has 0 bridgehead atoms. The highest BCUT2D eigenvalue weighted by molar-refractivity contribution is 5.83. The Bertz CT molecular complexity index is 1010. The molecule has 0 aliphatic carbocycles. The summed E-state index contributed by atoms with van der Waals surface area (Å²) in [6.45, 7) is 2.65. The second-order valence-electron chi connectivity index (χ2n) is 6.04. The Kier molecular flexibility index (Phi) is 5.54. The molecular weight excluding hydrogens is 348 g/mol. The highest BCUT2D eigenvalue weighted by Gasteiger charge is 2.17. The summed E-state index contributed by atoms with van der Waals surface area (Å²) in [5, 5.41) is 10.7. The first kappa shape index (κ1) is 18.6. The van der Waals surface area contributed by atoms with Gasteiger partial charge in [0.05, 0.1) is 26.2 Å². The molecule has 0 unspecified atom stereocenters. The molecule has 1 heterocycles. The van der Waals surface area contributed by atoms with Crippen LogP contribution < -0.4 is 19.6 Å². The van der Waals surface area contributed by atoms with Crippen LogP contribution in [0.4, 0.5) is 0 Å². The van der Waals surface area contributed by atoms with E-state index >= 15 is 0 Å². The number of rotatable bonds is 7. The third-order valence-corrected chi connectivity index (χ3v) is 4.25. The number of benzene rings is 2. The van der Waals surface area contributed by atoms with E-state index in [4.69, 9.17) is 18.6 Å². The lowest BCUT2D eigenvalue weighted by molar-refractivity contribution is 0.309. The maximum Gasteiger partial charge on any atom is 0.235 e. The standard InChI is InChI=1S/C21H22O6/c1-4-5-10-26-14-7-9-16-15(12-14)19(22)20(23)21(27-16)13-6-8-17(24-2)18(11-13)25-3/h6-9,11-12,23H,4-5,10H2,1-3H3. The van der Waals surface area contributed by atoms with Crippen LogP contribution in [0.1, 0.15) is 19.8 Å². The number of fused-ring (bicyclic) bond motifs is 1. The van der Waals surface area contributed by atoms with E-state index in [0.717, 1.165) is 12.8 Å². The first-order valence-electron chi connectivity index (χ1n) is 8.74. The largest absolute Gasteiger partial charge is 0.502 e. The van der Waals surface area contributed by atoms with Gasteiger partial charge in [-0.2, -0.15) is 0 Å². The first-order valence-corrected chi connectivity index (χ1v) is 8.74. The third-order valence-electron chi connectivity index (χ3n) is 4.25. The van der Waals surface area contributed by atoms with Crippen LogP contribution in [0, 0.1) is 0 Å². The quantitative estimate of drug-likeness (QED) is 0.623. The molecule has 0 saturated carbocycles. The Labute approximate surface area is 156 Å². The van der Waals surface area contributed by atoms with Gasteiger partial charge in [-0.1, -0.05) is 13.3 Å². The Hall–Kier alpha value is -3.15. The van der Waals surface area contributed by atoms with Gasteiger partial charge in [-0.15, -0.1) is 0 Å². The summed E-state index contributed by atoms with van der Waals surface area (Å²) in [4.78, 5) is 12.7. The molecule has 0 aliphatic rings. The number of unbranched alkanes of at least 4 members (excludes halogenated alkanes) is 1. The Morgan fingerprint density at radius 2 is 1.81 bits per heavy atom. The van der Waals surface area contributed by atoms with Crippen molar-refractivity contribution in [2.75, 3.05) is 20.8 Å². The van der Waals surface area contributed by atoms with E-state index in [0.29, 0.717) is 35.0 Å². The first-order chi connectivity index (χ1) is 13.1. The average Bonchev–Trinajstić information content (AvgIpc) is 2.70. The summed E-state index contributed by atoms with van der Waals surface area (Å²) in [5.41, 5.74) is 0.361. The fraction of sp³-hybridized carbons (Fsp3) is 0.286. The molecule has 0 amide bonds. The molecule has 0 radical (unpaired) electrons. The maximum atomic E-state index is 12.7. The van der Waals surface area contributed by atoms with E-state index in [9.17, 15) is 9.90 Å². The highest BCUT2D eigenvalue weighted by Crippen LogP contribution is 2.36. The zero-order valence-corrected chi connectivity index (χ0v) is 15.6. The number of hydrogen-bond acceptors (Lipinski definition) is 6. The van der Waals surface area contributed by atoms with Crippen molar-refractivity contribution in [3.63, 3.8) is 0 Å². The van der Waals surface area contributed by atoms with E-state index in [1.165, 1.54) is 14.2 Å². The fourth-order valence-electron chi connectivity index (χ4n) is 2.76. The van der Waals surface area contributed by atoms with Crippen molar-refractivity contribution in [3.8, 4) is 34.3 Å². The molecule has 0 aliphatic heterocycles. The van der Waals surface area contributed by atoms with E-state index in [-0.39, 0.29) is 11.1 Å². The van der Waals surface area contributed by atoms with Crippen molar-refractivity contribution in [1.82, 2.24) is 0 Å². The normalized spacial score (nSPS) is 10.8. The molecule has 27 heavy (non-hydrogen) atoms. The molecule has 142 valence electrons. The molecule has 0 saturated heterocycles. The minimum atomic E-state index is -0.512. The van der Waals surface area contributed by atoms with Crippen LogP contribution in [0.5, 0.6) is 23.0 Å². The van der Waals surface area contributed by atoms with E-state index in [1.54, 1.807) is 36.4 Å². The minimum Gasteiger partial charge on any atom is -0.502 e. The summed E-state index contributed by atoms with van der Waals surface area (Å²) >= 11 is 0. The average molecular weight is 370 g/mol. The van der Waals surface area contributed by atoms with Crippen LogP contribution in [0.2, 0.25) is 0 Å². The topological polar surface area (TPSA) is 78.1 Å². The van der Waals surface area contributed by atoms with Crippen molar-refractivity contribution in [3.05, 3.63) is 46.6 Å². The molecule has 2 aromatic carbocycles. The molecule has 6 heteroatoms. The van der Waals surface area contributed by atoms with Crippen molar-refractivity contribution >= 4 is 11.0 Å². The summed E-state index contributed by atoms with van der Waals surface area (Å²) in [5.74, 6) is 1.20. The van der Waals surface area contributed by atoms with Gasteiger partial charge in [-0.25, -0.2) is 0 Å². The SMILES string of the molecule is CCCCOc1ccc2oc(-c3ccc(OC)c(OC)c3)c(O)c(=O)c2c1. The maximum absolute atomic E-state index is 12.7. The zero-order valence-electron chi connectivity index (χ0n) is 15.6. The van der Waals surface area contributed by atoms with Gasteiger partial charge in [0.25, 0.3) is 0 Å². The monoisotopic (exact) mass is 370 g/mol. The smallest absolute Gasteiger partial charge is 0.235 e. The number of hydrogen-bond donors (Lipinski definition) is 1. The molecule has 0 atom stereocenters. The molecule has 1 aromatic heterocycles. The molecule has 6 nitrogen and oxygen atoms in total. The van der Waals surface area contributed by atoms with Crippen molar-refractivity contribution in [2.24, 2.45) is 0 Å². The second-order valence-corrected chi connectivity index (χ2v) is 6.04. The Morgan fingerprint density at radius 1 is 1.04 bits per heavy atom. The molecule has 3 aromatic rings. The van der Waals surface area contributed by atoms with Crippen LogP contribution in [0.3, 0.4) is 0 Å². The van der Waals surface area contributed by atoms with Gasteiger partial charge in [0, 0.05) is 5.56 Å². The van der Waals surface area contributed by atoms with E-state index in [1.807, 2.05) is 0 Å². The van der Waals surface area contributed by atoms with Crippen LogP contribution in [-0.4, -0.2) is 25.9 Å². The number of methoxy groups -OCH3 is 2. The van der Waals surface area contributed by atoms with Gasteiger partial charge in [-0.3, -0.25) is 4.79 Å². The van der Waals surface area contributed by atoms with Gasteiger partial charge < -0.3 is 23.7 Å². The van der Waals surface area contributed by atoms with Gasteiger partial charge in [0.1, 0.15) is 11.3 Å². The molecule has 1 N–H and O–H groups in total. The van der Waals surface area contributed by atoms with Gasteiger partial charge in [-0.05, 0) is 42.8 Å². The highest BCUT2D eigenvalue weighted by atomic mass is 16.5. The summed E-state index contributed by atoms with van der Waals surface area (Å²) < 4.78 is 21.9. The minimum absolute atomic E-state index is 0.0769. The summed E-state index contributed by atoms with van der Waals surface area (Å²) in [6.07, 6.45) is 1.95. The lowest BCUT2D eigenvalue weighted by Crippen LogP contribution is -2.04.